The van der Waals surface area contributed by atoms with E-state index in [9.17, 15) is 14.4 Å². The molecule has 7 nitrogen and oxygen atoms in total. The summed E-state index contributed by atoms with van der Waals surface area (Å²) >= 11 is 0. The standard InChI is InChI=1S/C33H39NO6/c1-5-6-7-8-9-22-39-29-20-14-27(15-21-29)33(37)40-30-16-10-25(11-17-30)23-31(24(2)35)34(3)32(36)26-12-18-28(38-4)19-13-26/h10-21,31H,5-9,22-23H2,1-4H3/t31-/m0/s1. The molecular formula is C33H39NO6. The maximum atomic E-state index is 13.0. The maximum Gasteiger partial charge on any atom is 0.343 e. The highest BCUT2D eigenvalue weighted by molar-refractivity contribution is 5.97. The average molecular weight is 546 g/mol. The van der Waals surface area contributed by atoms with E-state index in [4.69, 9.17) is 14.2 Å². The first-order valence-corrected chi connectivity index (χ1v) is 13.8. The lowest BCUT2D eigenvalue weighted by Crippen LogP contribution is -2.43. The van der Waals surface area contributed by atoms with Crippen LogP contribution in [0, 0.1) is 0 Å². The molecule has 7 heteroatoms. The molecule has 0 radical (unpaired) electrons. The normalized spacial score (nSPS) is 11.4. The Morgan fingerprint density at radius 2 is 1.32 bits per heavy atom. The number of benzene rings is 3. The van der Waals surface area contributed by atoms with Gasteiger partial charge in [0.05, 0.1) is 25.3 Å². The van der Waals surface area contributed by atoms with Gasteiger partial charge in [-0.1, -0.05) is 44.7 Å². The number of hydrogen-bond donors (Lipinski definition) is 0. The van der Waals surface area contributed by atoms with Gasteiger partial charge in [0.2, 0.25) is 0 Å². The molecule has 3 aromatic carbocycles. The number of unbranched alkanes of at least 4 members (excludes halogenated alkanes) is 4. The van der Waals surface area contributed by atoms with Crippen molar-refractivity contribution in [1.29, 1.82) is 0 Å². The fraction of sp³-hybridized carbons (Fsp3) is 0.364. The second-order valence-corrected chi connectivity index (χ2v) is 9.80. The number of likely N-dealkylation sites (N-methyl/N-ethyl adjacent to an activating group) is 1. The van der Waals surface area contributed by atoms with Gasteiger partial charge >= 0.3 is 5.97 Å². The second kappa shape index (κ2) is 15.5. The molecule has 0 saturated heterocycles. The van der Waals surface area contributed by atoms with Crippen molar-refractivity contribution in [1.82, 2.24) is 4.90 Å². The molecule has 0 fully saturated rings. The van der Waals surface area contributed by atoms with Crippen LogP contribution >= 0.6 is 0 Å². The van der Waals surface area contributed by atoms with Crippen molar-refractivity contribution in [2.45, 2.75) is 58.4 Å². The largest absolute Gasteiger partial charge is 0.497 e. The van der Waals surface area contributed by atoms with Crippen LogP contribution in [-0.2, 0) is 11.2 Å². The predicted molar refractivity (Wildman–Crippen MR) is 155 cm³/mol. The van der Waals surface area contributed by atoms with Crippen molar-refractivity contribution in [3.05, 3.63) is 89.5 Å². The zero-order valence-electron chi connectivity index (χ0n) is 23.9. The third-order valence-corrected chi connectivity index (χ3v) is 6.76. The lowest BCUT2D eigenvalue weighted by atomic mass is 10.0. The summed E-state index contributed by atoms with van der Waals surface area (Å²) in [5.74, 6) is 0.929. The van der Waals surface area contributed by atoms with Crippen LogP contribution < -0.4 is 14.2 Å². The maximum absolute atomic E-state index is 13.0. The van der Waals surface area contributed by atoms with Gasteiger partial charge in [-0.15, -0.1) is 0 Å². The van der Waals surface area contributed by atoms with E-state index in [1.54, 1.807) is 87.0 Å². The fourth-order valence-electron chi connectivity index (χ4n) is 4.30. The number of esters is 1. The molecule has 1 atom stereocenters. The number of methoxy groups -OCH3 is 1. The highest BCUT2D eigenvalue weighted by Crippen LogP contribution is 2.20. The molecule has 0 unspecified atom stereocenters. The van der Waals surface area contributed by atoms with Crippen molar-refractivity contribution in [2.24, 2.45) is 0 Å². The summed E-state index contributed by atoms with van der Waals surface area (Å²) in [7, 11) is 3.18. The summed E-state index contributed by atoms with van der Waals surface area (Å²) in [5, 5.41) is 0. The van der Waals surface area contributed by atoms with Gasteiger partial charge in [-0.25, -0.2) is 4.79 Å². The van der Waals surface area contributed by atoms with Crippen LogP contribution in [0.2, 0.25) is 0 Å². The molecule has 0 aliphatic rings. The molecule has 0 spiro atoms. The van der Waals surface area contributed by atoms with E-state index in [0.717, 1.165) is 24.2 Å². The van der Waals surface area contributed by atoms with E-state index in [-0.39, 0.29) is 11.7 Å². The van der Waals surface area contributed by atoms with Crippen LogP contribution in [0.5, 0.6) is 17.2 Å². The molecule has 1 amide bonds. The highest BCUT2D eigenvalue weighted by atomic mass is 16.5. The highest BCUT2D eigenvalue weighted by Gasteiger charge is 2.25. The number of ether oxygens (including phenoxy) is 3. The molecule has 0 aromatic heterocycles. The van der Waals surface area contributed by atoms with Crippen molar-refractivity contribution < 1.29 is 28.6 Å². The molecule has 0 bridgehead atoms. The van der Waals surface area contributed by atoms with Gasteiger partial charge in [0, 0.05) is 12.6 Å². The van der Waals surface area contributed by atoms with E-state index >= 15 is 0 Å². The van der Waals surface area contributed by atoms with Crippen LogP contribution in [0.15, 0.2) is 72.8 Å². The zero-order chi connectivity index (χ0) is 28.9. The quantitative estimate of drug-likeness (QED) is 0.123. The van der Waals surface area contributed by atoms with E-state index < -0.39 is 12.0 Å². The Hall–Kier alpha value is -4.13. The minimum Gasteiger partial charge on any atom is -0.497 e. The lowest BCUT2D eigenvalue weighted by Gasteiger charge is -2.26. The van der Waals surface area contributed by atoms with Gasteiger partial charge in [0.15, 0.2) is 5.78 Å². The topological polar surface area (TPSA) is 82.1 Å². The molecule has 0 aliphatic heterocycles. The smallest absolute Gasteiger partial charge is 0.343 e. The van der Waals surface area contributed by atoms with Gasteiger partial charge in [-0.2, -0.15) is 0 Å². The van der Waals surface area contributed by atoms with Gasteiger partial charge in [-0.3, -0.25) is 9.59 Å². The van der Waals surface area contributed by atoms with Gasteiger partial charge < -0.3 is 19.1 Å². The Bertz CT molecular complexity index is 1240. The Morgan fingerprint density at radius 1 is 0.750 bits per heavy atom. The molecule has 0 heterocycles. The zero-order valence-corrected chi connectivity index (χ0v) is 23.9. The molecule has 3 aromatic rings. The Balaban J connectivity index is 1.54. The molecule has 0 saturated carbocycles. The summed E-state index contributed by atoms with van der Waals surface area (Å²) in [6, 6.07) is 20.0. The summed E-state index contributed by atoms with van der Waals surface area (Å²) in [6.07, 6.45) is 6.20. The molecule has 0 aliphatic carbocycles. The molecule has 3 rings (SSSR count). The number of amides is 1. The number of ketones is 1. The molecule has 40 heavy (non-hydrogen) atoms. The summed E-state index contributed by atoms with van der Waals surface area (Å²) in [4.78, 5) is 39.5. The summed E-state index contributed by atoms with van der Waals surface area (Å²) < 4.78 is 16.4. The molecule has 212 valence electrons. The van der Waals surface area contributed by atoms with Crippen LogP contribution in [0.1, 0.15) is 72.2 Å². The van der Waals surface area contributed by atoms with Gasteiger partial charge in [-0.05, 0) is 86.0 Å². The van der Waals surface area contributed by atoms with E-state index in [1.807, 2.05) is 0 Å². The number of nitrogens with zero attached hydrogens (tertiary/aromatic N) is 1. The van der Waals surface area contributed by atoms with Crippen LogP contribution in [-0.4, -0.2) is 49.4 Å². The Morgan fingerprint density at radius 3 is 1.93 bits per heavy atom. The second-order valence-electron chi connectivity index (χ2n) is 9.80. The third-order valence-electron chi connectivity index (χ3n) is 6.76. The molecular weight excluding hydrogens is 506 g/mol. The van der Waals surface area contributed by atoms with Crippen molar-refractivity contribution >= 4 is 17.7 Å². The summed E-state index contributed by atoms with van der Waals surface area (Å²) in [5.41, 5.74) is 1.74. The van der Waals surface area contributed by atoms with E-state index in [2.05, 4.69) is 6.92 Å². The SMILES string of the molecule is CCCCCCCOc1ccc(C(=O)Oc2ccc(C[C@@H](C(C)=O)N(C)C(=O)c3ccc(OC)cc3)cc2)cc1. The van der Waals surface area contributed by atoms with Crippen LogP contribution in [0.25, 0.3) is 0 Å². The first-order valence-electron chi connectivity index (χ1n) is 13.8. The first kappa shape index (κ1) is 30.4. The first-order chi connectivity index (χ1) is 19.3. The number of carbonyl (C=O) groups excluding carboxylic acids is 3. The minimum atomic E-state index is -0.639. The van der Waals surface area contributed by atoms with Crippen molar-refractivity contribution in [3.63, 3.8) is 0 Å². The monoisotopic (exact) mass is 545 g/mol. The van der Waals surface area contributed by atoms with E-state index in [0.29, 0.717) is 35.7 Å². The Labute approximate surface area is 237 Å². The Kier molecular flexibility index (Phi) is 11.8. The van der Waals surface area contributed by atoms with Crippen molar-refractivity contribution in [3.8, 4) is 17.2 Å². The number of carbonyl (C=O) groups is 3. The third kappa shape index (κ3) is 8.97. The fourth-order valence-corrected chi connectivity index (χ4v) is 4.30. The van der Waals surface area contributed by atoms with Crippen LogP contribution in [0.4, 0.5) is 0 Å². The van der Waals surface area contributed by atoms with Gasteiger partial charge in [0.1, 0.15) is 17.2 Å². The molecule has 0 N–H and O–H groups in total. The van der Waals surface area contributed by atoms with Crippen LogP contribution in [0.3, 0.4) is 0 Å². The lowest BCUT2D eigenvalue weighted by molar-refractivity contribution is -0.121. The number of hydrogen-bond acceptors (Lipinski definition) is 6. The summed E-state index contributed by atoms with van der Waals surface area (Å²) in [6.45, 7) is 4.33. The minimum absolute atomic E-state index is 0.121. The van der Waals surface area contributed by atoms with Crippen molar-refractivity contribution in [2.75, 3.05) is 20.8 Å². The van der Waals surface area contributed by atoms with Gasteiger partial charge in [0.25, 0.3) is 5.91 Å². The van der Waals surface area contributed by atoms with E-state index in [1.165, 1.54) is 31.1 Å². The predicted octanol–water partition coefficient (Wildman–Crippen LogP) is 6.54. The number of Topliss-reactive ketones (excluding diaryl/α,β-unsaturated/α-hetero) is 1. The number of rotatable bonds is 15. The average Bonchev–Trinajstić information content (AvgIpc) is 2.98.